The lowest BCUT2D eigenvalue weighted by Crippen LogP contribution is -2.45. The molecule has 0 spiro atoms. The van der Waals surface area contributed by atoms with Gasteiger partial charge in [0.25, 0.3) is 5.91 Å². The normalized spacial score (nSPS) is 20.4. The fourth-order valence-corrected chi connectivity index (χ4v) is 3.12. The molecule has 1 atom stereocenters. The molecule has 0 radical (unpaired) electrons. The zero-order valence-corrected chi connectivity index (χ0v) is 14.2. The lowest BCUT2D eigenvalue weighted by Gasteiger charge is -2.36. The molecule has 134 valence electrons. The van der Waals surface area contributed by atoms with Crippen LogP contribution in [0.4, 0.5) is 0 Å². The van der Waals surface area contributed by atoms with Crippen LogP contribution in [0.3, 0.4) is 0 Å². The molecule has 4 rings (SSSR count). The molecule has 0 bridgehead atoms. The first kappa shape index (κ1) is 16.5. The predicted octanol–water partition coefficient (Wildman–Crippen LogP) is 2.12. The third-order valence-corrected chi connectivity index (χ3v) is 4.63. The minimum absolute atomic E-state index is 0.0313. The van der Waals surface area contributed by atoms with Gasteiger partial charge in [0, 0.05) is 17.7 Å². The van der Waals surface area contributed by atoms with Crippen molar-refractivity contribution in [2.75, 3.05) is 0 Å². The number of carbonyl (C=O) groups excluding carboxylic acids is 1. The summed E-state index contributed by atoms with van der Waals surface area (Å²) >= 11 is 0. The number of hydrogen-bond acceptors (Lipinski definition) is 6. The van der Waals surface area contributed by atoms with Crippen molar-refractivity contribution in [1.82, 2.24) is 25.5 Å². The van der Waals surface area contributed by atoms with Gasteiger partial charge in [0.05, 0.1) is 24.0 Å². The molecule has 1 aliphatic rings. The number of amides is 1. The average molecular weight is 353 g/mol. The van der Waals surface area contributed by atoms with E-state index in [4.69, 9.17) is 4.52 Å². The SMILES string of the molecule is C[C@@H](O)c1cnnn1C1CC(NC(=O)c2cc(-c3ccccc3)no2)C1. The summed E-state index contributed by atoms with van der Waals surface area (Å²) in [5.41, 5.74) is 2.21. The number of rotatable bonds is 5. The molecule has 1 fully saturated rings. The highest BCUT2D eigenvalue weighted by Crippen LogP contribution is 2.33. The Labute approximate surface area is 149 Å². The molecule has 1 saturated carbocycles. The van der Waals surface area contributed by atoms with E-state index >= 15 is 0 Å². The molecule has 1 aromatic carbocycles. The van der Waals surface area contributed by atoms with Gasteiger partial charge in [0.2, 0.25) is 5.76 Å². The molecule has 26 heavy (non-hydrogen) atoms. The van der Waals surface area contributed by atoms with Crippen LogP contribution in [0.25, 0.3) is 11.3 Å². The summed E-state index contributed by atoms with van der Waals surface area (Å²) in [7, 11) is 0. The van der Waals surface area contributed by atoms with Gasteiger partial charge in [-0.2, -0.15) is 0 Å². The van der Waals surface area contributed by atoms with E-state index in [9.17, 15) is 9.90 Å². The van der Waals surface area contributed by atoms with Crippen LogP contribution >= 0.6 is 0 Å². The van der Waals surface area contributed by atoms with Crippen LogP contribution in [-0.2, 0) is 0 Å². The predicted molar refractivity (Wildman–Crippen MR) is 92.1 cm³/mol. The quantitative estimate of drug-likeness (QED) is 0.728. The number of aliphatic hydroxyl groups is 1. The van der Waals surface area contributed by atoms with Crippen LogP contribution in [0.1, 0.15) is 48.2 Å². The number of aromatic nitrogens is 4. The number of hydrogen-bond donors (Lipinski definition) is 2. The molecule has 8 nitrogen and oxygen atoms in total. The molecule has 2 heterocycles. The Morgan fingerprint density at radius 2 is 2.12 bits per heavy atom. The van der Waals surface area contributed by atoms with E-state index in [1.54, 1.807) is 23.9 Å². The van der Waals surface area contributed by atoms with Gasteiger partial charge in [-0.15, -0.1) is 5.10 Å². The maximum Gasteiger partial charge on any atom is 0.290 e. The van der Waals surface area contributed by atoms with Gasteiger partial charge in [0.1, 0.15) is 5.69 Å². The van der Waals surface area contributed by atoms with Gasteiger partial charge in [0.15, 0.2) is 0 Å². The zero-order valence-electron chi connectivity index (χ0n) is 14.2. The van der Waals surface area contributed by atoms with Crippen molar-refractivity contribution in [3.05, 3.63) is 54.0 Å². The summed E-state index contributed by atoms with van der Waals surface area (Å²) in [6.45, 7) is 1.68. The van der Waals surface area contributed by atoms with E-state index in [2.05, 4.69) is 20.8 Å². The summed E-state index contributed by atoms with van der Waals surface area (Å²) < 4.78 is 6.91. The van der Waals surface area contributed by atoms with E-state index in [-0.39, 0.29) is 23.8 Å². The highest BCUT2D eigenvalue weighted by atomic mass is 16.5. The first-order valence-electron chi connectivity index (χ1n) is 8.53. The van der Waals surface area contributed by atoms with Gasteiger partial charge in [-0.25, -0.2) is 4.68 Å². The summed E-state index contributed by atoms with van der Waals surface area (Å²) in [5.74, 6) is -0.0878. The van der Waals surface area contributed by atoms with Gasteiger partial charge >= 0.3 is 0 Å². The first-order valence-corrected chi connectivity index (χ1v) is 8.53. The maximum absolute atomic E-state index is 12.3. The van der Waals surface area contributed by atoms with Gasteiger partial charge < -0.3 is 14.9 Å². The average Bonchev–Trinajstić information content (AvgIpc) is 3.27. The third-order valence-electron chi connectivity index (χ3n) is 4.63. The number of aliphatic hydroxyl groups excluding tert-OH is 1. The van der Waals surface area contributed by atoms with E-state index in [0.717, 1.165) is 18.4 Å². The Morgan fingerprint density at radius 1 is 1.35 bits per heavy atom. The minimum Gasteiger partial charge on any atom is -0.387 e. The highest BCUT2D eigenvalue weighted by Gasteiger charge is 2.34. The van der Waals surface area contributed by atoms with E-state index in [1.807, 2.05) is 30.3 Å². The Bertz CT molecular complexity index is 896. The van der Waals surface area contributed by atoms with Crippen LogP contribution < -0.4 is 5.32 Å². The van der Waals surface area contributed by atoms with Crippen LogP contribution in [0.15, 0.2) is 47.1 Å². The fourth-order valence-electron chi connectivity index (χ4n) is 3.12. The van der Waals surface area contributed by atoms with Crippen molar-refractivity contribution in [1.29, 1.82) is 0 Å². The molecular formula is C18H19N5O3. The second-order valence-electron chi connectivity index (χ2n) is 6.52. The van der Waals surface area contributed by atoms with E-state index in [1.165, 1.54) is 0 Å². The molecule has 8 heteroatoms. The van der Waals surface area contributed by atoms with Gasteiger partial charge in [-0.05, 0) is 19.8 Å². The maximum atomic E-state index is 12.3. The molecule has 0 saturated heterocycles. The van der Waals surface area contributed by atoms with Gasteiger partial charge in [-0.1, -0.05) is 40.7 Å². The van der Waals surface area contributed by atoms with Crippen molar-refractivity contribution in [3.63, 3.8) is 0 Å². The molecule has 1 aliphatic carbocycles. The highest BCUT2D eigenvalue weighted by molar-refractivity contribution is 5.92. The zero-order chi connectivity index (χ0) is 18.1. The van der Waals surface area contributed by atoms with Crippen molar-refractivity contribution < 1.29 is 14.4 Å². The summed E-state index contributed by atoms with van der Waals surface area (Å²) in [4.78, 5) is 12.3. The second kappa shape index (κ2) is 6.72. The first-order chi connectivity index (χ1) is 12.6. The van der Waals surface area contributed by atoms with E-state index < -0.39 is 6.10 Å². The molecule has 0 unspecified atom stereocenters. The van der Waals surface area contributed by atoms with Crippen LogP contribution in [0.2, 0.25) is 0 Å². The van der Waals surface area contributed by atoms with Crippen molar-refractivity contribution in [3.8, 4) is 11.3 Å². The fraction of sp³-hybridized carbons (Fsp3) is 0.333. The van der Waals surface area contributed by atoms with Crippen molar-refractivity contribution in [2.45, 2.75) is 38.0 Å². The standard InChI is InChI=1S/C18H19N5O3/c1-11(24)16-10-19-22-23(16)14-7-13(8-14)20-18(25)17-9-15(21-26-17)12-5-3-2-4-6-12/h2-6,9-11,13-14,24H,7-8H2,1H3,(H,20,25)/t11-,13?,14?/m1/s1. The lowest BCUT2D eigenvalue weighted by molar-refractivity contribution is 0.0842. The molecule has 0 aliphatic heterocycles. The Morgan fingerprint density at radius 3 is 2.85 bits per heavy atom. The molecule has 3 aromatic rings. The monoisotopic (exact) mass is 353 g/mol. The van der Waals surface area contributed by atoms with Crippen molar-refractivity contribution >= 4 is 5.91 Å². The van der Waals surface area contributed by atoms with Crippen LogP contribution in [0.5, 0.6) is 0 Å². The summed E-state index contributed by atoms with van der Waals surface area (Å²) in [6, 6.07) is 11.4. The summed E-state index contributed by atoms with van der Waals surface area (Å²) in [5, 5.41) is 24.5. The number of benzene rings is 1. The van der Waals surface area contributed by atoms with Crippen LogP contribution in [0, 0.1) is 0 Å². The Balaban J connectivity index is 1.36. The minimum atomic E-state index is -0.621. The number of nitrogens with one attached hydrogen (secondary N) is 1. The molecule has 2 aromatic heterocycles. The van der Waals surface area contributed by atoms with Gasteiger partial charge in [-0.3, -0.25) is 4.79 Å². The topological polar surface area (TPSA) is 106 Å². The number of nitrogens with zero attached hydrogens (tertiary/aromatic N) is 4. The molecular weight excluding hydrogens is 334 g/mol. The number of carbonyl (C=O) groups is 1. The van der Waals surface area contributed by atoms with Crippen LogP contribution in [-0.4, -0.2) is 37.2 Å². The van der Waals surface area contributed by atoms with Crippen molar-refractivity contribution in [2.24, 2.45) is 0 Å². The van der Waals surface area contributed by atoms with E-state index in [0.29, 0.717) is 11.4 Å². The third kappa shape index (κ3) is 3.11. The molecule has 1 amide bonds. The second-order valence-corrected chi connectivity index (χ2v) is 6.52. The smallest absolute Gasteiger partial charge is 0.290 e. The Hall–Kier alpha value is -3.00. The lowest BCUT2D eigenvalue weighted by atomic mass is 9.86. The molecule has 2 N–H and O–H groups in total. The summed E-state index contributed by atoms with van der Waals surface area (Å²) in [6.07, 6.45) is 2.41. The Kier molecular flexibility index (Phi) is 4.26. The largest absolute Gasteiger partial charge is 0.387 e.